The lowest BCUT2D eigenvalue weighted by atomic mass is 10.1. The first-order valence-electron chi connectivity index (χ1n) is 6.71. The van der Waals surface area contributed by atoms with E-state index < -0.39 is 6.04 Å². The highest BCUT2D eigenvalue weighted by atomic mass is 127. The lowest BCUT2D eigenvalue weighted by molar-refractivity contribution is -0.120. The molecule has 4 rings (SSSR count). The fourth-order valence-electron chi connectivity index (χ4n) is 3.53. The Kier molecular flexibility index (Phi) is 2.74. The third-order valence-electron chi connectivity index (χ3n) is 4.44. The van der Waals surface area contributed by atoms with Crippen LogP contribution in [0.4, 0.5) is 10.5 Å². The number of nitriles is 1. The number of halogens is 1. The van der Waals surface area contributed by atoms with E-state index in [4.69, 9.17) is 5.26 Å². The molecular weight excluding hydrogens is 383 g/mol. The highest BCUT2D eigenvalue weighted by molar-refractivity contribution is 14.1. The SMILES string of the molecule is N#Cc1cccc(N2C(=O)C3C4CC(CN4)N3C2=O)c1I. The fraction of sp³-hybridized carbons (Fsp3) is 0.357. The Morgan fingerprint density at radius 1 is 1.38 bits per heavy atom. The van der Waals surface area contributed by atoms with Gasteiger partial charge in [-0.2, -0.15) is 5.26 Å². The number of hydrogen-bond acceptors (Lipinski definition) is 4. The average Bonchev–Trinajstić information content (AvgIpc) is 3.15. The van der Waals surface area contributed by atoms with Crippen LogP contribution in [0.15, 0.2) is 18.2 Å². The summed E-state index contributed by atoms with van der Waals surface area (Å²) >= 11 is 2.02. The summed E-state index contributed by atoms with van der Waals surface area (Å²) in [5.41, 5.74) is 0.986. The van der Waals surface area contributed by atoms with Crippen LogP contribution in [0.1, 0.15) is 12.0 Å². The summed E-state index contributed by atoms with van der Waals surface area (Å²) < 4.78 is 0.640. The topological polar surface area (TPSA) is 76.4 Å². The molecule has 6 nitrogen and oxygen atoms in total. The Hall–Kier alpha value is -1.66. The summed E-state index contributed by atoms with van der Waals surface area (Å²) in [6.07, 6.45) is 0.852. The van der Waals surface area contributed by atoms with Crippen LogP contribution in [-0.4, -0.2) is 41.5 Å². The first-order valence-corrected chi connectivity index (χ1v) is 7.79. The zero-order chi connectivity index (χ0) is 14.7. The maximum absolute atomic E-state index is 12.7. The van der Waals surface area contributed by atoms with Crippen molar-refractivity contribution in [3.05, 3.63) is 27.3 Å². The minimum atomic E-state index is -0.391. The molecule has 21 heavy (non-hydrogen) atoms. The predicted octanol–water partition coefficient (Wildman–Crippen LogP) is 1.04. The van der Waals surface area contributed by atoms with Crippen LogP contribution in [0.3, 0.4) is 0 Å². The third-order valence-corrected chi connectivity index (χ3v) is 5.57. The lowest BCUT2D eigenvalue weighted by Crippen LogP contribution is -2.51. The van der Waals surface area contributed by atoms with Gasteiger partial charge < -0.3 is 10.2 Å². The van der Waals surface area contributed by atoms with E-state index in [0.29, 0.717) is 14.8 Å². The molecule has 0 aromatic heterocycles. The quantitative estimate of drug-likeness (QED) is 0.571. The largest absolute Gasteiger partial charge is 0.332 e. The van der Waals surface area contributed by atoms with E-state index in [2.05, 4.69) is 11.4 Å². The van der Waals surface area contributed by atoms with Gasteiger partial charge in [-0.1, -0.05) is 6.07 Å². The summed E-state index contributed by atoms with van der Waals surface area (Å²) in [7, 11) is 0. The van der Waals surface area contributed by atoms with Crippen molar-refractivity contribution in [3.63, 3.8) is 0 Å². The van der Waals surface area contributed by atoms with Gasteiger partial charge in [0.1, 0.15) is 12.1 Å². The Morgan fingerprint density at radius 2 is 2.19 bits per heavy atom. The van der Waals surface area contributed by atoms with Crippen molar-refractivity contribution in [1.82, 2.24) is 10.2 Å². The van der Waals surface area contributed by atoms with E-state index in [1.54, 1.807) is 23.1 Å². The van der Waals surface area contributed by atoms with Gasteiger partial charge in [0.2, 0.25) is 0 Å². The van der Waals surface area contributed by atoms with E-state index in [9.17, 15) is 9.59 Å². The van der Waals surface area contributed by atoms with Crippen LogP contribution in [0.5, 0.6) is 0 Å². The Balaban J connectivity index is 1.79. The fourth-order valence-corrected chi connectivity index (χ4v) is 4.25. The number of anilines is 1. The number of imide groups is 1. The molecule has 3 amide bonds. The van der Waals surface area contributed by atoms with E-state index in [-0.39, 0.29) is 24.0 Å². The molecule has 0 spiro atoms. The Labute approximate surface area is 134 Å². The maximum atomic E-state index is 12.7. The zero-order valence-corrected chi connectivity index (χ0v) is 13.1. The number of benzene rings is 1. The smallest absolute Gasteiger partial charge is 0.309 e. The predicted molar refractivity (Wildman–Crippen MR) is 82.6 cm³/mol. The van der Waals surface area contributed by atoms with Crippen LogP contribution in [0, 0.1) is 14.9 Å². The molecule has 3 aliphatic rings. The number of carbonyl (C=O) groups excluding carboxylic acids is 2. The van der Waals surface area contributed by atoms with Gasteiger partial charge in [0.25, 0.3) is 5.91 Å². The second-order valence-electron chi connectivity index (χ2n) is 5.46. The minimum Gasteiger partial charge on any atom is -0.309 e. The Morgan fingerprint density at radius 3 is 2.90 bits per heavy atom. The summed E-state index contributed by atoms with van der Waals surface area (Å²) in [5.74, 6) is -0.187. The van der Waals surface area contributed by atoms with Crippen LogP contribution in [-0.2, 0) is 4.79 Å². The number of urea groups is 1. The molecule has 3 fully saturated rings. The molecule has 3 aliphatic heterocycles. The first kappa shape index (κ1) is 13.0. The van der Waals surface area contributed by atoms with Crippen molar-refractivity contribution in [2.24, 2.45) is 0 Å². The molecular formula is C14H11IN4O2. The normalized spacial score (nSPS) is 30.0. The highest BCUT2D eigenvalue weighted by Crippen LogP contribution is 2.39. The number of nitrogens with one attached hydrogen (secondary N) is 1. The van der Waals surface area contributed by atoms with Crippen LogP contribution >= 0.6 is 22.6 Å². The van der Waals surface area contributed by atoms with Gasteiger partial charge in [-0.3, -0.25) is 4.79 Å². The molecule has 1 N–H and O–H groups in total. The summed E-state index contributed by atoms with van der Waals surface area (Å²) in [6.45, 7) is 0.753. The number of nitrogens with zero attached hydrogens (tertiary/aromatic N) is 3. The van der Waals surface area contributed by atoms with Crippen molar-refractivity contribution in [1.29, 1.82) is 5.26 Å². The molecule has 1 aromatic rings. The van der Waals surface area contributed by atoms with Gasteiger partial charge in [-0.25, -0.2) is 9.69 Å². The van der Waals surface area contributed by atoms with Gasteiger partial charge in [0, 0.05) is 18.6 Å². The van der Waals surface area contributed by atoms with Crippen LogP contribution in [0.2, 0.25) is 0 Å². The molecule has 1 aromatic carbocycles. The van der Waals surface area contributed by atoms with E-state index in [1.807, 2.05) is 22.6 Å². The summed E-state index contributed by atoms with van der Waals surface area (Å²) in [5, 5.41) is 12.4. The second-order valence-corrected chi connectivity index (χ2v) is 6.54. The number of amides is 3. The average molecular weight is 394 g/mol. The number of fused-ring (bicyclic) bond motifs is 5. The first-order chi connectivity index (χ1) is 10.1. The third kappa shape index (κ3) is 1.60. The Bertz CT molecular complexity index is 685. The monoisotopic (exact) mass is 394 g/mol. The molecule has 7 heteroatoms. The minimum absolute atomic E-state index is 0.0632. The molecule has 0 saturated carbocycles. The molecule has 3 heterocycles. The van der Waals surface area contributed by atoms with Gasteiger partial charge in [-0.05, 0) is 41.1 Å². The maximum Gasteiger partial charge on any atom is 0.332 e. The van der Waals surface area contributed by atoms with Crippen molar-refractivity contribution >= 4 is 40.2 Å². The van der Waals surface area contributed by atoms with E-state index >= 15 is 0 Å². The van der Waals surface area contributed by atoms with E-state index in [1.165, 1.54) is 4.90 Å². The van der Waals surface area contributed by atoms with Crippen molar-refractivity contribution < 1.29 is 9.59 Å². The van der Waals surface area contributed by atoms with Gasteiger partial charge in [0.15, 0.2) is 0 Å². The van der Waals surface area contributed by atoms with Crippen molar-refractivity contribution in [3.8, 4) is 6.07 Å². The molecule has 3 unspecified atom stereocenters. The zero-order valence-electron chi connectivity index (χ0n) is 10.9. The lowest BCUT2D eigenvalue weighted by Gasteiger charge is -2.26. The van der Waals surface area contributed by atoms with E-state index in [0.717, 1.165) is 13.0 Å². The van der Waals surface area contributed by atoms with Crippen LogP contribution in [0.25, 0.3) is 0 Å². The summed E-state index contributed by atoms with van der Waals surface area (Å²) in [4.78, 5) is 28.3. The number of hydrogen-bond donors (Lipinski definition) is 1. The molecule has 0 radical (unpaired) electrons. The molecule has 106 valence electrons. The number of rotatable bonds is 1. The number of piperazine rings is 1. The molecule has 3 atom stereocenters. The second kappa shape index (κ2) is 4.42. The van der Waals surface area contributed by atoms with Crippen molar-refractivity contribution in [2.45, 2.75) is 24.5 Å². The summed E-state index contributed by atoms with van der Waals surface area (Å²) in [6, 6.07) is 6.71. The standard InChI is InChI=1S/C14H11IN4O2/c15-11-7(5-16)2-1-3-10(11)19-13(20)12-9-4-8(6-17-9)18(12)14(19)21/h1-3,8-9,12,17H,4,6H2. The highest BCUT2D eigenvalue weighted by Gasteiger charge is 2.59. The van der Waals surface area contributed by atoms with Gasteiger partial charge in [-0.15, -0.1) is 0 Å². The molecule has 3 saturated heterocycles. The number of carbonyl (C=O) groups is 2. The van der Waals surface area contributed by atoms with Gasteiger partial charge >= 0.3 is 6.03 Å². The van der Waals surface area contributed by atoms with Crippen LogP contribution < -0.4 is 10.2 Å². The molecule has 2 bridgehead atoms. The van der Waals surface area contributed by atoms with Crippen molar-refractivity contribution in [2.75, 3.05) is 11.4 Å². The van der Waals surface area contributed by atoms with Gasteiger partial charge in [0.05, 0.1) is 14.8 Å². The molecule has 0 aliphatic carbocycles.